The molecule has 0 atom stereocenters. The number of anilines is 2. The molecule has 33 heavy (non-hydrogen) atoms. The van der Waals surface area contributed by atoms with E-state index >= 15 is 0 Å². The number of carbonyl (C=O) groups excluding carboxylic acids is 1. The first-order chi connectivity index (χ1) is 16.0. The lowest BCUT2D eigenvalue weighted by Crippen LogP contribution is -2.54. The van der Waals surface area contributed by atoms with E-state index in [1.54, 1.807) is 18.2 Å². The number of aryl methyl sites for hydroxylation is 1. The Bertz CT molecular complexity index is 1280. The zero-order valence-corrected chi connectivity index (χ0v) is 18.7. The molecule has 1 spiro atoms. The van der Waals surface area contributed by atoms with Gasteiger partial charge in [-0.15, -0.1) is 0 Å². The number of rotatable bonds is 5. The molecular formula is C26H24N4O3. The van der Waals surface area contributed by atoms with Gasteiger partial charge in [-0.05, 0) is 74.2 Å². The lowest BCUT2D eigenvalue weighted by atomic mass is 9.75. The molecular weight excluding hydrogens is 416 g/mol. The lowest BCUT2D eigenvalue weighted by Gasteiger charge is -2.43. The van der Waals surface area contributed by atoms with Gasteiger partial charge in [0.15, 0.2) is 0 Å². The van der Waals surface area contributed by atoms with Gasteiger partial charge in [-0.25, -0.2) is 4.98 Å². The summed E-state index contributed by atoms with van der Waals surface area (Å²) < 4.78 is 11.0. The van der Waals surface area contributed by atoms with E-state index in [2.05, 4.69) is 22.5 Å². The number of furan rings is 1. The zero-order valence-electron chi connectivity index (χ0n) is 18.7. The van der Waals surface area contributed by atoms with Crippen molar-refractivity contribution in [2.24, 2.45) is 0 Å². The number of hydrogen-bond donors (Lipinski definition) is 0. The maximum atomic E-state index is 13.6. The summed E-state index contributed by atoms with van der Waals surface area (Å²) in [6, 6.07) is 15.7. The van der Waals surface area contributed by atoms with Gasteiger partial charge in [-0.1, -0.05) is 6.58 Å². The third kappa shape index (κ3) is 3.22. The molecule has 1 aliphatic carbocycles. The standard InChI is InChI=1S/C26H24N4O3/c1-17-13-21(15-28-23(17)14-27)29-18(2)30(26(25(29)31)11-4-12-26)20-7-5-19(6-8-20)24-10-9-22(33-24)16-32-3/h5-10,13,15H,2,4,11-12,16H2,1,3H3. The molecule has 1 aliphatic heterocycles. The minimum atomic E-state index is -0.628. The van der Waals surface area contributed by atoms with Crippen LogP contribution in [0.2, 0.25) is 0 Å². The van der Waals surface area contributed by atoms with Crippen LogP contribution in [-0.4, -0.2) is 23.5 Å². The van der Waals surface area contributed by atoms with Gasteiger partial charge >= 0.3 is 0 Å². The quantitative estimate of drug-likeness (QED) is 0.560. The highest BCUT2D eigenvalue weighted by Gasteiger charge is 2.58. The highest BCUT2D eigenvalue weighted by atomic mass is 16.5. The van der Waals surface area contributed by atoms with Gasteiger partial charge in [0.2, 0.25) is 0 Å². The van der Waals surface area contributed by atoms with Crippen LogP contribution in [0.25, 0.3) is 11.3 Å². The van der Waals surface area contributed by atoms with E-state index in [0.29, 0.717) is 23.8 Å². The largest absolute Gasteiger partial charge is 0.459 e. The molecule has 2 aliphatic rings. The van der Waals surface area contributed by atoms with Crippen molar-refractivity contribution in [2.75, 3.05) is 16.9 Å². The molecule has 1 aromatic carbocycles. The molecule has 1 saturated carbocycles. The number of nitriles is 1. The van der Waals surface area contributed by atoms with E-state index in [-0.39, 0.29) is 5.91 Å². The van der Waals surface area contributed by atoms with E-state index in [1.165, 1.54) is 0 Å². The van der Waals surface area contributed by atoms with Gasteiger partial charge in [-0.3, -0.25) is 9.69 Å². The molecule has 7 nitrogen and oxygen atoms in total. The molecule has 166 valence electrons. The van der Waals surface area contributed by atoms with Gasteiger partial charge in [-0.2, -0.15) is 5.26 Å². The summed E-state index contributed by atoms with van der Waals surface area (Å²) in [5.74, 6) is 2.14. The second-order valence-corrected chi connectivity index (χ2v) is 8.49. The molecule has 5 rings (SSSR count). The van der Waals surface area contributed by atoms with Crippen LogP contribution in [0.3, 0.4) is 0 Å². The molecule has 0 bridgehead atoms. The number of amides is 1. The fourth-order valence-electron chi connectivity index (χ4n) is 4.71. The first-order valence-corrected chi connectivity index (χ1v) is 10.9. The second kappa shape index (κ2) is 7.91. The van der Waals surface area contributed by atoms with Crippen molar-refractivity contribution in [1.29, 1.82) is 5.26 Å². The number of nitrogens with zero attached hydrogens (tertiary/aromatic N) is 4. The van der Waals surface area contributed by atoms with Crippen LogP contribution in [0.5, 0.6) is 0 Å². The SMILES string of the molecule is C=C1N(c2cnc(C#N)c(C)c2)C(=O)C2(CCC2)N1c1ccc(-c2ccc(COC)o2)cc1. The number of aromatic nitrogens is 1. The van der Waals surface area contributed by atoms with E-state index in [4.69, 9.17) is 9.15 Å². The van der Waals surface area contributed by atoms with Crippen molar-refractivity contribution < 1.29 is 13.9 Å². The van der Waals surface area contributed by atoms with Crippen LogP contribution in [0.4, 0.5) is 11.4 Å². The van der Waals surface area contributed by atoms with Gasteiger partial charge < -0.3 is 14.1 Å². The van der Waals surface area contributed by atoms with Crippen LogP contribution < -0.4 is 9.80 Å². The average molecular weight is 441 g/mol. The number of benzene rings is 1. The zero-order chi connectivity index (χ0) is 23.2. The van der Waals surface area contributed by atoms with Crippen molar-refractivity contribution in [3.8, 4) is 17.4 Å². The minimum absolute atomic E-state index is 0.00368. The monoisotopic (exact) mass is 440 g/mol. The topological polar surface area (TPSA) is 82.6 Å². The molecule has 7 heteroatoms. The number of ether oxygens (including phenoxy) is 1. The fraction of sp³-hybridized carbons (Fsp3) is 0.269. The third-order valence-corrected chi connectivity index (χ3v) is 6.51. The summed E-state index contributed by atoms with van der Waals surface area (Å²) in [7, 11) is 1.63. The predicted octanol–water partition coefficient (Wildman–Crippen LogP) is 4.92. The molecule has 3 aromatic rings. The van der Waals surface area contributed by atoms with Gasteiger partial charge in [0.1, 0.15) is 41.3 Å². The maximum absolute atomic E-state index is 13.6. The van der Waals surface area contributed by atoms with E-state index in [1.807, 2.05) is 49.4 Å². The van der Waals surface area contributed by atoms with E-state index in [9.17, 15) is 10.1 Å². The second-order valence-electron chi connectivity index (χ2n) is 8.49. The number of hydrogen-bond acceptors (Lipinski definition) is 6. The molecule has 0 N–H and O–H groups in total. The van der Waals surface area contributed by atoms with Crippen molar-refractivity contribution in [3.05, 3.63) is 78.1 Å². The molecule has 2 aromatic heterocycles. The fourth-order valence-corrected chi connectivity index (χ4v) is 4.71. The van der Waals surface area contributed by atoms with Crippen LogP contribution in [0.15, 0.2) is 65.5 Å². The summed E-state index contributed by atoms with van der Waals surface area (Å²) in [6.45, 7) is 6.53. The molecule has 2 fully saturated rings. The van der Waals surface area contributed by atoms with Gasteiger partial charge in [0.25, 0.3) is 5.91 Å². The van der Waals surface area contributed by atoms with E-state index < -0.39 is 5.54 Å². The Labute approximate surface area is 192 Å². The Morgan fingerprint density at radius 1 is 1.21 bits per heavy atom. The highest BCUT2D eigenvalue weighted by Crippen LogP contribution is 2.50. The third-order valence-electron chi connectivity index (χ3n) is 6.51. The van der Waals surface area contributed by atoms with Crippen LogP contribution >= 0.6 is 0 Å². The molecule has 0 radical (unpaired) electrons. The maximum Gasteiger partial charge on any atom is 0.259 e. The highest BCUT2D eigenvalue weighted by molar-refractivity contribution is 6.10. The molecule has 0 unspecified atom stereocenters. The number of methoxy groups -OCH3 is 1. The van der Waals surface area contributed by atoms with Crippen molar-refractivity contribution in [2.45, 2.75) is 38.3 Å². The Balaban J connectivity index is 1.48. The van der Waals surface area contributed by atoms with E-state index in [0.717, 1.165) is 47.6 Å². The number of pyridine rings is 1. The molecule has 1 saturated heterocycles. The van der Waals surface area contributed by atoms with Crippen LogP contribution in [0, 0.1) is 18.3 Å². The lowest BCUT2D eigenvalue weighted by molar-refractivity contribution is -0.123. The van der Waals surface area contributed by atoms with Crippen LogP contribution in [-0.2, 0) is 16.1 Å². The smallest absolute Gasteiger partial charge is 0.259 e. The van der Waals surface area contributed by atoms with Crippen molar-refractivity contribution in [3.63, 3.8) is 0 Å². The van der Waals surface area contributed by atoms with Gasteiger partial charge in [0.05, 0.1) is 11.9 Å². The summed E-state index contributed by atoms with van der Waals surface area (Å²) in [6.07, 6.45) is 4.09. The van der Waals surface area contributed by atoms with Crippen LogP contribution in [0.1, 0.15) is 36.3 Å². The van der Waals surface area contributed by atoms with Crippen molar-refractivity contribution in [1.82, 2.24) is 4.98 Å². The Morgan fingerprint density at radius 3 is 2.58 bits per heavy atom. The summed E-state index contributed by atoms with van der Waals surface area (Å²) >= 11 is 0. The summed E-state index contributed by atoms with van der Waals surface area (Å²) in [4.78, 5) is 21.5. The Morgan fingerprint density at radius 2 is 1.97 bits per heavy atom. The summed E-state index contributed by atoms with van der Waals surface area (Å²) in [5.41, 5.74) is 2.94. The molecule has 3 heterocycles. The number of carbonyl (C=O) groups is 1. The van der Waals surface area contributed by atoms with Crippen molar-refractivity contribution >= 4 is 17.3 Å². The summed E-state index contributed by atoms with van der Waals surface area (Å²) in [5, 5.41) is 9.20. The Kier molecular flexibility index (Phi) is 5.03. The Hall–Kier alpha value is -3.89. The minimum Gasteiger partial charge on any atom is -0.459 e. The van der Waals surface area contributed by atoms with Gasteiger partial charge in [0, 0.05) is 18.4 Å². The first-order valence-electron chi connectivity index (χ1n) is 10.9. The predicted molar refractivity (Wildman–Crippen MR) is 124 cm³/mol. The normalized spacial score (nSPS) is 16.9. The first kappa shape index (κ1) is 21.0. The average Bonchev–Trinajstić information content (AvgIpc) is 3.34. The molecule has 1 amide bonds.